The highest BCUT2D eigenvalue weighted by Crippen LogP contribution is 2.19. The molecule has 0 fully saturated rings. The first-order valence-electron chi connectivity index (χ1n) is 6.35. The van der Waals surface area contributed by atoms with Crippen molar-refractivity contribution in [1.29, 1.82) is 5.26 Å². The molecule has 0 atom stereocenters. The Balaban J connectivity index is 2.00. The van der Waals surface area contributed by atoms with Crippen molar-refractivity contribution in [3.63, 3.8) is 0 Å². The van der Waals surface area contributed by atoms with Crippen molar-refractivity contribution in [2.24, 2.45) is 0 Å². The number of carbonyl (C=O) groups excluding carboxylic acids is 1. The van der Waals surface area contributed by atoms with Crippen molar-refractivity contribution in [1.82, 2.24) is 0 Å². The Labute approximate surface area is 122 Å². The first-order chi connectivity index (χ1) is 10.2. The molecule has 5 nitrogen and oxygen atoms in total. The Morgan fingerprint density at radius 1 is 1.24 bits per heavy atom. The van der Waals surface area contributed by atoms with E-state index >= 15 is 0 Å². The van der Waals surface area contributed by atoms with Crippen molar-refractivity contribution in [3.8, 4) is 17.6 Å². The summed E-state index contributed by atoms with van der Waals surface area (Å²) in [6, 6.07) is 15.4. The van der Waals surface area contributed by atoms with Crippen LogP contribution in [0.15, 0.2) is 48.5 Å². The lowest BCUT2D eigenvalue weighted by molar-refractivity contribution is -0.115. The van der Waals surface area contributed by atoms with Crippen LogP contribution in [0.5, 0.6) is 11.5 Å². The second-order valence-electron chi connectivity index (χ2n) is 4.33. The Morgan fingerprint density at radius 2 is 2.05 bits per heavy atom. The molecule has 0 spiro atoms. The summed E-state index contributed by atoms with van der Waals surface area (Å²) < 4.78 is 5.16. The van der Waals surface area contributed by atoms with Gasteiger partial charge < -0.3 is 15.2 Å². The molecule has 5 heteroatoms. The van der Waals surface area contributed by atoms with Crippen LogP contribution in [0.1, 0.15) is 5.56 Å². The molecule has 2 aromatic rings. The van der Waals surface area contributed by atoms with Crippen molar-refractivity contribution >= 4 is 11.6 Å². The maximum atomic E-state index is 11.9. The molecule has 0 heterocycles. The van der Waals surface area contributed by atoms with Crippen LogP contribution in [0.25, 0.3) is 0 Å². The van der Waals surface area contributed by atoms with Gasteiger partial charge in [0.2, 0.25) is 5.91 Å². The lowest BCUT2D eigenvalue weighted by Gasteiger charge is -2.08. The van der Waals surface area contributed by atoms with Gasteiger partial charge >= 0.3 is 0 Å². The number of anilines is 1. The number of hydrogen-bond donors (Lipinski definition) is 2. The molecule has 0 radical (unpaired) electrons. The summed E-state index contributed by atoms with van der Waals surface area (Å²) in [6.45, 7) is -0.0463. The Hall–Kier alpha value is -3.00. The van der Waals surface area contributed by atoms with Crippen LogP contribution in [0.2, 0.25) is 0 Å². The zero-order valence-corrected chi connectivity index (χ0v) is 11.2. The van der Waals surface area contributed by atoms with E-state index in [1.54, 1.807) is 48.5 Å². The maximum absolute atomic E-state index is 11.9. The van der Waals surface area contributed by atoms with Gasteiger partial charge in [-0.1, -0.05) is 24.3 Å². The molecule has 2 aromatic carbocycles. The third-order valence-corrected chi connectivity index (χ3v) is 2.76. The molecular weight excluding hydrogens is 268 g/mol. The number of benzene rings is 2. The molecule has 0 aromatic heterocycles. The topological polar surface area (TPSA) is 82.3 Å². The molecule has 21 heavy (non-hydrogen) atoms. The van der Waals surface area contributed by atoms with Gasteiger partial charge in [-0.2, -0.15) is 5.26 Å². The average Bonchev–Trinajstić information content (AvgIpc) is 2.48. The van der Waals surface area contributed by atoms with Gasteiger partial charge in [0, 0.05) is 17.3 Å². The molecule has 1 amide bonds. The molecule has 2 N–H and O–H groups in total. The van der Waals surface area contributed by atoms with Gasteiger partial charge in [-0.05, 0) is 18.2 Å². The molecule has 2 rings (SSSR count). The van der Waals surface area contributed by atoms with Crippen LogP contribution < -0.4 is 10.1 Å². The van der Waals surface area contributed by atoms with Gasteiger partial charge in [-0.25, -0.2) is 0 Å². The van der Waals surface area contributed by atoms with Crippen LogP contribution in [0.4, 0.5) is 5.69 Å². The van der Waals surface area contributed by atoms with E-state index in [2.05, 4.69) is 5.32 Å². The minimum Gasteiger partial charge on any atom is -0.508 e. The second-order valence-corrected chi connectivity index (χ2v) is 4.33. The highest BCUT2D eigenvalue weighted by atomic mass is 16.5. The predicted molar refractivity (Wildman–Crippen MR) is 78.0 cm³/mol. The van der Waals surface area contributed by atoms with E-state index in [4.69, 9.17) is 10.00 Å². The van der Waals surface area contributed by atoms with Crippen LogP contribution in [-0.4, -0.2) is 17.6 Å². The molecule has 0 saturated carbocycles. The van der Waals surface area contributed by atoms with E-state index in [0.717, 1.165) is 0 Å². The first-order valence-corrected chi connectivity index (χ1v) is 6.35. The molecule has 106 valence electrons. The van der Waals surface area contributed by atoms with Gasteiger partial charge in [0.05, 0.1) is 6.42 Å². The van der Waals surface area contributed by atoms with Gasteiger partial charge in [0.15, 0.2) is 6.61 Å². The normalized spacial score (nSPS) is 9.67. The Bertz CT molecular complexity index is 677. The molecular formula is C16H14N2O3. The van der Waals surface area contributed by atoms with Gasteiger partial charge in [-0.15, -0.1) is 0 Å². The summed E-state index contributed by atoms with van der Waals surface area (Å²) in [6.07, 6.45) is 0.0793. The van der Waals surface area contributed by atoms with Crippen molar-refractivity contribution in [2.45, 2.75) is 6.42 Å². The molecule has 0 bridgehead atoms. The summed E-state index contributed by atoms with van der Waals surface area (Å²) in [7, 11) is 0. The van der Waals surface area contributed by atoms with Crippen LogP contribution in [-0.2, 0) is 11.2 Å². The number of hydrogen-bond acceptors (Lipinski definition) is 4. The largest absolute Gasteiger partial charge is 0.508 e. The number of phenols is 1. The molecule has 0 aliphatic heterocycles. The number of carbonyl (C=O) groups is 1. The van der Waals surface area contributed by atoms with Crippen LogP contribution in [0.3, 0.4) is 0 Å². The summed E-state index contributed by atoms with van der Waals surface area (Å²) in [5.41, 5.74) is 1.14. The highest BCUT2D eigenvalue weighted by molar-refractivity contribution is 5.92. The monoisotopic (exact) mass is 282 g/mol. The first kappa shape index (κ1) is 14.4. The second kappa shape index (κ2) is 6.96. The SMILES string of the molecule is N#CCOc1cccc(NC(=O)Cc2ccccc2O)c1. The number of nitrogens with one attached hydrogen (secondary N) is 1. The number of nitrogens with zero attached hydrogens (tertiary/aromatic N) is 1. The van der Waals surface area contributed by atoms with E-state index in [0.29, 0.717) is 17.0 Å². The number of amides is 1. The van der Waals surface area contributed by atoms with E-state index in [1.165, 1.54) is 0 Å². The van der Waals surface area contributed by atoms with Gasteiger partial charge in [0.25, 0.3) is 0 Å². The fourth-order valence-electron chi connectivity index (χ4n) is 1.82. The molecule has 0 aliphatic carbocycles. The fourth-order valence-corrected chi connectivity index (χ4v) is 1.82. The minimum absolute atomic E-state index is 0.0463. The number of nitriles is 1. The zero-order valence-electron chi connectivity index (χ0n) is 11.2. The smallest absolute Gasteiger partial charge is 0.228 e. The fraction of sp³-hybridized carbons (Fsp3) is 0.125. The number of phenolic OH excluding ortho intramolecular Hbond substituents is 1. The zero-order chi connectivity index (χ0) is 15.1. The number of aromatic hydroxyl groups is 1. The van der Waals surface area contributed by atoms with Gasteiger partial charge in [-0.3, -0.25) is 4.79 Å². The van der Waals surface area contributed by atoms with E-state index < -0.39 is 0 Å². The number of para-hydroxylation sites is 1. The molecule has 0 aliphatic rings. The third-order valence-electron chi connectivity index (χ3n) is 2.76. The highest BCUT2D eigenvalue weighted by Gasteiger charge is 2.08. The standard InChI is InChI=1S/C16H14N2O3/c17-8-9-21-14-6-3-5-13(11-14)18-16(20)10-12-4-1-2-7-15(12)19/h1-7,11,19H,9-10H2,(H,18,20). The predicted octanol–water partition coefficient (Wildman–Crippen LogP) is 2.48. The van der Waals surface area contributed by atoms with Crippen LogP contribution in [0, 0.1) is 11.3 Å². The summed E-state index contributed by atoms with van der Waals surface area (Å²) in [5, 5.41) is 20.8. The van der Waals surface area contributed by atoms with Crippen molar-refractivity contribution < 1.29 is 14.6 Å². The van der Waals surface area contributed by atoms with Crippen LogP contribution >= 0.6 is 0 Å². The lowest BCUT2D eigenvalue weighted by atomic mass is 10.1. The Kier molecular flexibility index (Phi) is 4.78. The number of ether oxygens (including phenoxy) is 1. The lowest BCUT2D eigenvalue weighted by Crippen LogP contribution is -2.14. The summed E-state index contributed by atoms with van der Waals surface area (Å²) >= 11 is 0. The minimum atomic E-state index is -0.242. The van der Waals surface area contributed by atoms with E-state index in [9.17, 15) is 9.90 Å². The summed E-state index contributed by atoms with van der Waals surface area (Å²) in [4.78, 5) is 11.9. The summed E-state index contributed by atoms with van der Waals surface area (Å²) in [5.74, 6) is 0.365. The quantitative estimate of drug-likeness (QED) is 0.882. The van der Waals surface area contributed by atoms with E-state index in [-0.39, 0.29) is 24.7 Å². The van der Waals surface area contributed by atoms with Crippen molar-refractivity contribution in [3.05, 3.63) is 54.1 Å². The van der Waals surface area contributed by atoms with Crippen molar-refractivity contribution in [2.75, 3.05) is 11.9 Å². The maximum Gasteiger partial charge on any atom is 0.228 e. The molecule has 0 unspecified atom stereocenters. The van der Waals surface area contributed by atoms with Gasteiger partial charge in [0.1, 0.15) is 17.6 Å². The van der Waals surface area contributed by atoms with E-state index in [1.807, 2.05) is 6.07 Å². The Morgan fingerprint density at radius 3 is 2.81 bits per heavy atom. The number of rotatable bonds is 5. The molecule has 0 saturated heterocycles. The third kappa shape index (κ3) is 4.25. The average molecular weight is 282 g/mol.